The van der Waals surface area contributed by atoms with Gasteiger partial charge in [-0.1, -0.05) is 0 Å². The Kier molecular flexibility index (Phi) is 5.24. The molecule has 2 aromatic heterocycles. The molecule has 1 N–H and O–H groups in total. The molecule has 3 rings (SSSR count). The number of hydrogen-bond donors (Lipinski definition) is 1. The minimum atomic E-state index is -3.51. The summed E-state index contributed by atoms with van der Waals surface area (Å²) in [5.41, 5.74) is 1.20. The molecule has 1 aromatic carbocycles. The van der Waals surface area contributed by atoms with E-state index in [9.17, 15) is 13.2 Å². The van der Waals surface area contributed by atoms with E-state index in [0.717, 1.165) is 14.9 Å². The molecule has 0 radical (unpaired) electrons. The second kappa shape index (κ2) is 7.28. The Bertz CT molecular complexity index is 1030. The molecule has 0 bridgehead atoms. The number of aromatic nitrogens is 1. The monoisotopic (exact) mass is 407 g/mol. The van der Waals surface area contributed by atoms with Crippen LogP contribution in [0.5, 0.6) is 0 Å². The van der Waals surface area contributed by atoms with Gasteiger partial charge in [-0.3, -0.25) is 10.1 Å². The summed E-state index contributed by atoms with van der Waals surface area (Å²) < 4.78 is 25.3. The minimum Gasteiger partial charge on any atom is -0.298 e. The topological polar surface area (TPSA) is 79.4 Å². The van der Waals surface area contributed by atoms with Gasteiger partial charge in [-0.25, -0.2) is 17.7 Å². The molecule has 6 nitrogen and oxygen atoms in total. The SMILES string of the molecule is Cc1ccc(-c2csc(NC(=O)c3ccc(S(=O)(=O)N(C)C)cc3)n2)s1. The average molecular weight is 408 g/mol. The van der Waals surface area contributed by atoms with E-state index in [4.69, 9.17) is 0 Å². The van der Waals surface area contributed by atoms with E-state index in [1.54, 1.807) is 11.3 Å². The summed E-state index contributed by atoms with van der Waals surface area (Å²) in [5, 5.41) is 5.15. The number of thiazole rings is 1. The lowest BCUT2D eigenvalue weighted by Gasteiger charge is -2.11. The fraction of sp³-hybridized carbons (Fsp3) is 0.176. The van der Waals surface area contributed by atoms with Crippen LogP contribution in [0.3, 0.4) is 0 Å². The fourth-order valence-corrected chi connectivity index (χ4v) is 4.68. The summed E-state index contributed by atoms with van der Waals surface area (Å²) in [7, 11) is -0.584. The molecule has 0 unspecified atom stereocenters. The number of nitrogens with zero attached hydrogens (tertiary/aromatic N) is 2. The Labute approximate surface area is 160 Å². The maximum atomic E-state index is 12.4. The van der Waals surface area contributed by atoms with Gasteiger partial charge in [-0.2, -0.15) is 0 Å². The van der Waals surface area contributed by atoms with E-state index in [0.29, 0.717) is 10.7 Å². The zero-order chi connectivity index (χ0) is 18.9. The van der Waals surface area contributed by atoms with Crippen molar-refractivity contribution in [3.63, 3.8) is 0 Å². The Morgan fingerprint density at radius 1 is 1.12 bits per heavy atom. The van der Waals surface area contributed by atoms with Crippen LogP contribution in [0.25, 0.3) is 10.6 Å². The van der Waals surface area contributed by atoms with Crippen LogP contribution < -0.4 is 5.32 Å². The highest BCUT2D eigenvalue weighted by atomic mass is 32.2. The summed E-state index contributed by atoms with van der Waals surface area (Å²) >= 11 is 3.00. The van der Waals surface area contributed by atoms with E-state index in [1.807, 2.05) is 24.4 Å². The zero-order valence-corrected chi connectivity index (χ0v) is 16.8. The number of carbonyl (C=O) groups excluding carboxylic acids is 1. The van der Waals surface area contributed by atoms with Crippen molar-refractivity contribution in [2.45, 2.75) is 11.8 Å². The first-order chi connectivity index (χ1) is 12.3. The number of sulfonamides is 1. The molecule has 1 amide bonds. The molecule has 3 aromatic rings. The molecule has 0 aliphatic heterocycles. The average Bonchev–Trinajstić information content (AvgIpc) is 3.23. The third-order valence-electron chi connectivity index (χ3n) is 3.61. The molecule has 9 heteroatoms. The van der Waals surface area contributed by atoms with Gasteiger partial charge < -0.3 is 0 Å². The molecule has 0 aliphatic carbocycles. The maximum absolute atomic E-state index is 12.4. The van der Waals surface area contributed by atoms with Gasteiger partial charge in [0.25, 0.3) is 5.91 Å². The van der Waals surface area contributed by atoms with Crippen molar-refractivity contribution in [1.29, 1.82) is 0 Å². The van der Waals surface area contributed by atoms with Gasteiger partial charge in [0.05, 0.1) is 15.5 Å². The van der Waals surface area contributed by atoms with Crippen LogP contribution in [0, 0.1) is 6.92 Å². The first-order valence-electron chi connectivity index (χ1n) is 7.63. The number of anilines is 1. The summed E-state index contributed by atoms with van der Waals surface area (Å²) in [5.74, 6) is -0.331. The highest BCUT2D eigenvalue weighted by Crippen LogP contribution is 2.30. The van der Waals surface area contributed by atoms with E-state index >= 15 is 0 Å². The lowest BCUT2D eigenvalue weighted by molar-refractivity contribution is 0.102. The van der Waals surface area contributed by atoms with Gasteiger partial charge >= 0.3 is 0 Å². The molecule has 26 heavy (non-hydrogen) atoms. The predicted octanol–water partition coefficient (Wildman–Crippen LogP) is 3.68. The fourth-order valence-electron chi connectivity index (χ4n) is 2.17. The first kappa shape index (κ1) is 18.7. The van der Waals surface area contributed by atoms with Crippen molar-refractivity contribution in [3.8, 4) is 10.6 Å². The molecule has 0 spiro atoms. The Morgan fingerprint density at radius 2 is 1.81 bits per heavy atom. The quantitative estimate of drug-likeness (QED) is 0.700. The molecular weight excluding hydrogens is 390 g/mol. The van der Waals surface area contributed by atoms with E-state index < -0.39 is 10.0 Å². The van der Waals surface area contributed by atoms with Crippen molar-refractivity contribution in [3.05, 3.63) is 52.2 Å². The molecule has 0 atom stereocenters. The maximum Gasteiger partial charge on any atom is 0.257 e. The lowest BCUT2D eigenvalue weighted by Crippen LogP contribution is -2.22. The normalized spacial score (nSPS) is 11.7. The van der Waals surface area contributed by atoms with Crippen LogP contribution in [0.2, 0.25) is 0 Å². The van der Waals surface area contributed by atoms with Crippen LogP contribution in [0.15, 0.2) is 46.7 Å². The third kappa shape index (κ3) is 3.85. The highest BCUT2D eigenvalue weighted by molar-refractivity contribution is 7.89. The number of carbonyl (C=O) groups is 1. The van der Waals surface area contributed by atoms with Crippen LogP contribution in [-0.4, -0.2) is 37.7 Å². The number of benzene rings is 1. The van der Waals surface area contributed by atoms with Crippen molar-refractivity contribution >= 4 is 43.7 Å². The van der Waals surface area contributed by atoms with Crippen LogP contribution >= 0.6 is 22.7 Å². The van der Waals surface area contributed by atoms with Crippen LogP contribution in [0.1, 0.15) is 15.2 Å². The number of aryl methyl sites for hydroxylation is 1. The van der Waals surface area contributed by atoms with E-state index in [-0.39, 0.29) is 10.8 Å². The van der Waals surface area contributed by atoms with Crippen molar-refractivity contribution in [2.24, 2.45) is 0 Å². The van der Waals surface area contributed by atoms with Gasteiger partial charge in [0.2, 0.25) is 10.0 Å². The smallest absolute Gasteiger partial charge is 0.257 e. The largest absolute Gasteiger partial charge is 0.298 e. The summed E-state index contributed by atoms with van der Waals surface area (Å²) in [6.07, 6.45) is 0. The first-order valence-corrected chi connectivity index (χ1v) is 10.8. The van der Waals surface area contributed by atoms with Gasteiger partial charge in [0.1, 0.15) is 0 Å². The van der Waals surface area contributed by atoms with Gasteiger partial charge in [0.15, 0.2) is 5.13 Å². The second-order valence-electron chi connectivity index (χ2n) is 5.71. The number of nitrogens with one attached hydrogen (secondary N) is 1. The van der Waals surface area contributed by atoms with Crippen molar-refractivity contribution in [2.75, 3.05) is 19.4 Å². The molecule has 2 heterocycles. The Morgan fingerprint density at radius 3 is 2.38 bits per heavy atom. The molecule has 0 fully saturated rings. The Hall–Kier alpha value is -2.07. The number of thiophene rings is 1. The summed E-state index contributed by atoms with van der Waals surface area (Å²) in [6.45, 7) is 2.03. The number of rotatable bonds is 5. The van der Waals surface area contributed by atoms with Crippen LogP contribution in [0.4, 0.5) is 5.13 Å². The molecule has 136 valence electrons. The van der Waals surface area contributed by atoms with Gasteiger partial charge in [-0.15, -0.1) is 22.7 Å². The van der Waals surface area contributed by atoms with Gasteiger partial charge in [0, 0.05) is 29.9 Å². The third-order valence-corrected chi connectivity index (χ3v) is 7.22. The Balaban J connectivity index is 1.74. The lowest BCUT2D eigenvalue weighted by atomic mass is 10.2. The summed E-state index contributed by atoms with van der Waals surface area (Å²) in [6, 6.07) is 9.86. The predicted molar refractivity (Wildman–Crippen MR) is 105 cm³/mol. The van der Waals surface area contributed by atoms with Gasteiger partial charge in [-0.05, 0) is 43.3 Å². The number of hydrogen-bond acceptors (Lipinski definition) is 6. The standard InChI is InChI=1S/C17H17N3O3S3/c1-11-4-9-15(25-11)14-10-24-17(18-14)19-16(21)12-5-7-13(8-6-12)26(22,23)20(2)3/h4-10H,1-3H3,(H,18,19,21). The molecule has 0 saturated carbocycles. The van der Waals surface area contributed by atoms with E-state index in [1.165, 1.54) is 54.6 Å². The highest BCUT2D eigenvalue weighted by Gasteiger charge is 2.18. The molecular formula is C17H17N3O3S3. The van der Waals surface area contributed by atoms with E-state index in [2.05, 4.69) is 10.3 Å². The minimum absolute atomic E-state index is 0.142. The molecule has 0 aliphatic rings. The van der Waals surface area contributed by atoms with Crippen LogP contribution in [-0.2, 0) is 10.0 Å². The molecule has 0 saturated heterocycles. The number of amides is 1. The second-order valence-corrected chi connectivity index (χ2v) is 10.0. The summed E-state index contributed by atoms with van der Waals surface area (Å²) in [4.78, 5) is 19.2. The van der Waals surface area contributed by atoms with Crippen molar-refractivity contribution in [1.82, 2.24) is 9.29 Å². The van der Waals surface area contributed by atoms with Crippen molar-refractivity contribution < 1.29 is 13.2 Å². The zero-order valence-electron chi connectivity index (χ0n) is 14.4.